The number of para-hydroxylation sites is 1. The van der Waals surface area contributed by atoms with Crippen LogP contribution in [-0.4, -0.2) is 42.7 Å². The molecule has 2 atom stereocenters. The van der Waals surface area contributed by atoms with Crippen LogP contribution in [0, 0.1) is 17.2 Å². The summed E-state index contributed by atoms with van der Waals surface area (Å²) in [6.07, 6.45) is 3.80. The molecule has 2 aliphatic carbocycles. The van der Waals surface area contributed by atoms with Gasteiger partial charge in [0.25, 0.3) is 0 Å². The highest BCUT2D eigenvalue weighted by Gasteiger charge is 2.44. The van der Waals surface area contributed by atoms with Gasteiger partial charge in [-0.25, -0.2) is 9.37 Å². The smallest absolute Gasteiger partial charge is 0.228 e. The largest absolute Gasteiger partial charge is 0.494 e. The Balaban J connectivity index is 0.000000751. The Hall–Kier alpha value is -3.75. The molecule has 2 aromatic rings. The van der Waals surface area contributed by atoms with Gasteiger partial charge in [0.2, 0.25) is 5.91 Å². The molecule has 180 valence electrons. The quantitative estimate of drug-likeness (QED) is 0.320. The van der Waals surface area contributed by atoms with Gasteiger partial charge in [-0.3, -0.25) is 9.59 Å². The van der Waals surface area contributed by atoms with E-state index in [2.05, 4.69) is 27.5 Å². The fraction of sp³-hybridized carbons (Fsp3) is 0.360. The van der Waals surface area contributed by atoms with Crippen LogP contribution in [0.1, 0.15) is 42.1 Å². The van der Waals surface area contributed by atoms with Gasteiger partial charge in [0, 0.05) is 36.5 Å². The standard InChI is InChI=1S/C22H23FN4O3.C3H7N/c1-11(24)13-4-3-5-17(21(13)30-2)26-18-9-19(27-22(29)12-6-7-12)25-10-15(18)20(28)14-8-16(14)23;1-3-4-2/h3-5,9-10,12,14,16,24H,6-8H2,1-2H3,(H2,25,26,27,29);3-4H,1H2,2H3. The summed E-state index contributed by atoms with van der Waals surface area (Å²) in [5.41, 5.74) is 2.14. The van der Waals surface area contributed by atoms with Crippen molar-refractivity contribution < 1.29 is 18.7 Å². The van der Waals surface area contributed by atoms with Crippen molar-refractivity contribution >= 4 is 34.6 Å². The molecule has 0 radical (unpaired) electrons. The molecule has 0 bridgehead atoms. The SMILES string of the molecule is C=CNC.COc1c(Nc2cc(NC(=O)C3CC3)ncc2C(=O)C2CC2F)cccc1C(C)=N. The maximum absolute atomic E-state index is 13.5. The molecule has 2 unspecified atom stereocenters. The Labute approximate surface area is 198 Å². The number of hydrogen-bond donors (Lipinski definition) is 4. The molecule has 1 heterocycles. The summed E-state index contributed by atoms with van der Waals surface area (Å²) in [4.78, 5) is 29.0. The summed E-state index contributed by atoms with van der Waals surface area (Å²) in [7, 11) is 3.32. The van der Waals surface area contributed by atoms with Crippen molar-refractivity contribution in [3.63, 3.8) is 0 Å². The summed E-state index contributed by atoms with van der Waals surface area (Å²) in [6, 6.07) is 6.88. The van der Waals surface area contributed by atoms with Gasteiger partial charge < -0.3 is 26.1 Å². The average Bonchev–Trinajstić information content (AvgIpc) is 3.75. The van der Waals surface area contributed by atoms with E-state index >= 15 is 0 Å². The first-order valence-electron chi connectivity index (χ1n) is 11.1. The molecular weight excluding hydrogens is 437 g/mol. The van der Waals surface area contributed by atoms with Crippen molar-refractivity contribution in [2.45, 2.75) is 32.4 Å². The number of hydrogen-bond acceptors (Lipinski definition) is 7. The van der Waals surface area contributed by atoms with E-state index in [1.807, 2.05) is 7.05 Å². The third kappa shape index (κ3) is 5.98. The topological polar surface area (TPSA) is 116 Å². The van der Waals surface area contributed by atoms with Crippen LogP contribution in [0.3, 0.4) is 0 Å². The second-order valence-electron chi connectivity index (χ2n) is 8.23. The number of aromatic nitrogens is 1. The van der Waals surface area contributed by atoms with E-state index in [0.29, 0.717) is 34.2 Å². The van der Waals surface area contributed by atoms with E-state index in [0.717, 1.165) is 12.8 Å². The number of nitrogens with one attached hydrogen (secondary N) is 4. The van der Waals surface area contributed by atoms with Gasteiger partial charge in [0.05, 0.1) is 30.0 Å². The fourth-order valence-corrected chi connectivity index (χ4v) is 3.33. The number of ether oxygens (including phenoxy) is 1. The van der Waals surface area contributed by atoms with Crippen molar-refractivity contribution in [1.29, 1.82) is 5.41 Å². The van der Waals surface area contributed by atoms with Crippen LogP contribution in [-0.2, 0) is 4.79 Å². The molecule has 8 nitrogen and oxygen atoms in total. The van der Waals surface area contributed by atoms with Crippen LogP contribution in [0.15, 0.2) is 43.2 Å². The average molecular weight is 468 g/mol. The Kier molecular flexibility index (Phi) is 7.99. The van der Waals surface area contributed by atoms with Gasteiger partial charge in [0.1, 0.15) is 12.0 Å². The Morgan fingerprint density at radius 3 is 2.47 bits per heavy atom. The highest BCUT2D eigenvalue weighted by Crippen LogP contribution is 2.40. The van der Waals surface area contributed by atoms with Crippen LogP contribution in [0.4, 0.5) is 21.6 Å². The first-order chi connectivity index (χ1) is 16.3. The first kappa shape index (κ1) is 24.9. The molecule has 2 aliphatic rings. The van der Waals surface area contributed by atoms with Gasteiger partial charge >= 0.3 is 0 Å². The third-order valence-electron chi connectivity index (χ3n) is 5.51. The Bertz CT molecular complexity index is 1100. The van der Waals surface area contributed by atoms with E-state index in [9.17, 15) is 14.0 Å². The molecule has 34 heavy (non-hydrogen) atoms. The summed E-state index contributed by atoms with van der Waals surface area (Å²) >= 11 is 0. The van der Waals surface area contributed by atoms with E-state index in [1.54, 1.807) is 37.4 Å². The van der Waals surface area contributed by atoms with Gasteiger partial charge in [-0.15, -0.1) is 0 Å². The Morgan fingerprint density at radius 1 is 1.26 bits per heavy atom. The number of nitrogens with zero attached hydrogens (tertiary/aromatic N) is 1. The number of Topliss-reactive ketones (excluding diaryl/α,β-unsaturated/α-hetero) is 1. The zero-order valence-electron chi connectivity index (χ0n) is 19.6. The van der Waals surface area contributed by atoms with Crippen LogP contribution < -0.4 is 20.7 Å². The lowest BCUT2D eigenvalue weighted by Gasteiger charge is -2.17. The van der Waals surface area contributed by atoms with Gasteiger partial charge in [-0.2, -0.15) is 0 Å². The second-order valence-corrected chi connectivity index (χ2v) is 8.23. The lowest BCUT2D eigenvalue weighted by Crippen LogP contribution is -2.16. The minimum atomic E-state index is -1.13. The van der Waals surface area contributed by atoms with Crippen LogP contribution in [0.25, 0.3) is 0 Å². The van der Waals surface area contributed by atoms with E-state index in [-0.39, 0.29) is 29.6 Å². The molecule has 0 spiro atoms. The molecule has 9 heteroatoms. The molecule has 4 N–H and O–H groups in total. The minimum absolute atomic E-state index is 0.00983. The number of anilines is 3. The number of ketones is 1. The van der Waals surface area contributed by atoms with Gasteiger partial charge in [-0.1, -0.05) is 12.6 Å². The molecule has 1 aromatic carbocycles. The van der Waals surface area contributed by atoms with Crippen LogP contribution >= 0.6 is 0 Å². The van der Waals surface area contributed by atoms with Gasteiger partial charge in [0.15, 0.2) is 11.5 Å². The van der Waals surface area contributed by atoms with Crippen molar-refractivity contribution in [3.8, 4) is 5.75 Å². The van der Waals surface area contributed by atoms with Crippen molar-refractivity contribution in [1.82, 2.24) is 10.3 Å². The summed E-state index contributed by atoms with van der Waals surface area (Å²) in [5.74, 6) is -0.295. The predicted octanol–water partition coefficient (Wildman–Crippen LogP) is 4.46. The summed E-state index contributed by atoms with van der Waals surface area (Å²) < 4.78 is 19.0. The monoisotopic (exact) mass is 467 g/mol. The van der Waals surface area contributed by atoms with E-state index in [1.165, 1.54) is 13.3 Å². The molecule has 4 rings (SSSR count). The predicted molar refractivity (Wildman–Crippen MR) is 131 cm³/mol. The normalized spacial score (nSPS) is 18.0. The zero-order valence-corrected chi connectivity index (χ0v) is 19.6. The maximum Gasteiger partial charge on any atom is 0.228 e. The van der Waals surface area contributed by atoms with Crippen LogP contribution in [0.5, 0.6) is 5.75 Å². The molecule has 0 aliphatic heterocycles. The lowest BCUT2D eigenvalue weighted by molar-refractivity contribution is -0.117. The Morgan fingerprint density at radius 2 is 1.94 bits per heavy atom. The molecule has 2 saturated carbocycles. The number of amides is 1. The highest BCUT2D eigenvalue weighted by atomic mass is 19.1. The molecule has 1 aromatic heterocycles. The molecule has 1 amide bonds. The van der Waals surface area contributed by atoms with E-state index < -0.39 is 12.1 Å². The maximum atomic E-state index is 13.5. The third-order valence-corrected chi connectivity index (χ3v) is 5.51. The van der Waals surface area contributed by atoms with Gasteiger partial charge in [-0.05, 0) is 44.5 Å². The summed E-state index contributed by atoms with van der Waals surface area (Å²) in [5, 5.41) is 16.6. The lowest BCUT2D eigenvalue weighted by atomic mass is 10.1. The number of halogens is 1. The highest BCUT2D eigenvalue weighted by molar-refractivity contribution is 6.06. The second kappa shape index (κ2) is 10.9. The number of benzene rings is 1. The molecular formula is C25H30FN5O3. The van der Waals surface area contributed by atoms with Crippen molar-refractivity contribution in [3.05, 3.63) is 54.4 Å². The number of carbonyl (C=O) groups excluding carboxylic acids is 2. The first-order valence-corrected chi connectivity index (χ1v) is 11.1. The van der Waals surface area contributed by atoms with Crippen molar-refractivity contribution in [2.24, 2.45) is 11.8 Å². The number of methoxy groups -OCH3 is 1. The summed E-state index contributed by atoms with van der Waals surface area (Å²) in [6.45, 7) is 5.02. The number of alkyl halides is 1. The zero-order chi connectivity index (χ0) is 24.8. The number of rotatable bonds is 9. The van der Waals surface area contributed by atoms with Crippen molar-refractivity contribution in [2.75, 3.05) is 24.8 Å². The fourth-order valence-electron chi connectivity index (χ4n) is 3.33. The minimum Gasteiger partial charge on any atom is -0.494 e. The van der Waals surface area contributed by atoms with Crippen LogP contribution in [0.2, 0.25) is 0 Å². The number of pyridine rings is 1. The van der Waals surface area contributed by atoms with E-state index in [4.69, 9.17) is 10.1 Å². The number of carbonyl (C=O) groups is 2. The molecule has 2 fully saturated rings. The molecule has 0 saturated heterocycles.